The van der Waals surface area contributed by atoms with Gasteiger partial charge in [-0.1, -0.05) is 93.4 Å². The second kappa shape index (κ2) is 21.5. The fourth-order valence-corrected chi connectivity index (χ4v) is 9.68. The van der Waals surface area contributed by atoms with E-state index in [1.165, 1.54) is 12.1 Å². The topological polar surface area (TPSA) is 162 Å². The summed E-state index contributed by atoms with van der Waals surface area (Å²) in [5.41, 5.74) is 4.98. The van der Waals surface area contributed by atoms with Crippen LogP contribution < -0.4 is 9.47 Å². The average Bonchev–Trinajstić information content (AvgIpc) is 3.31. The number of unbranched alkanes of at least 4 members (excludes halogenated alkanes) is 2. The number of rotatable bonds is 20. The molecule has 1 amide bonds. The number of oxime groups is 1. The van der Waals surface area contributed by atoms with Crippen molar-refractivity contribution >= 4 is 17.5 Å². The molecule has 7 rings (SSSR count). The van der Waals surface area contributed by atoms with E-state index in [2.05, 4.69) is 30.9 Å². The molecule has 6 atom stereocenters. The molecule has 66 heavy (non-hydrogen) atoms. The van der Waals surface area contributed by atoms with Gasteiger partial charge in [0, 0.05) is 50.3 Å². The molecule has 13 nitrogen and oxygen atoms in total. The van der Waals surface area contributed by atoms with Crippen molar-refractivity contribution in [1.82, 2.24) is 4.90 Å². The van der Waals surface area contributed by atoms with Crippen LogP contribution in [0, 0.1) is 33.3 Å². The van der Waals surface area contributed by atoms with Gasteiger partial charge in [0.05, 0.1) is 29.8 Å². The first-order chi connectivity index (χ1) is 31.8. The maximum Gasteiger partial charge on any atom is 0.410 e. The highest BCUT2D eigenvalue weighted by Crippen LogP contribution is 2.62. The Kier molecular flexibility index (Phi) is 15.6. The number of aliphatic hydroxyl groups excluding tert-OH is 2. The van der Waals surface area contributed by atoms with E-state index in [0.717, 1.165) is 47.9 Å². The van der Waals surface area contributed by atoms with Crippen molar-refractivity contribution < 1.29 is 43.7 Å². The predicted octanol–water partition coefficient (Wildman–Crippen LogP) is 11.0. The minimum Gasteiger partial charge on any atom is -0.459 e. The summed E-state index contributed by atoms with van der Waals surface area (Å²) >= 11 is 0. The highest BCUT2D eigenvalue weighted by Gasteiger charge is 2.65. The van der Waals surface area contributed by atoms with E-state index in [9.17, 15) is 25.1 Å². The Morgan fingerprint density at radius 1 is 0.939 bits per heavy atom. The number of aliphatic hydroxyl groups is 2. The van der Waals surface area contributed by atoms with Crippen LogP contribution in [0.3, 0.4) is 0 Å². The molecule has 2 aliphatic carbocycles. The number of fused-ring (bicyclic) bond motifs is 2. The Balaban J connectivity index is 1.36. The Hall–Kier alpha value is -6.02. The summed E-state index contributed by atoms with van der Waals surface area (Å²) in [6, 6.07) is 29.4. The molecule has 1 saturated carbocycles. The number of benzene rings is 4. The molecule has 1 fully saturated rings. The van der Waals surface area contributed by atoms with Crippen molar-refractivity contribution in [2.24, 2.45) is 28.3 Å². The van der Waals surface area contributed by atoms with Crippen LogP contribution in [-0.4, -0.2) is 77.1 Å². The predicted molar refractivity (Wildman–Crippen MR) is 253 cm³/mol. The molecule has 0 radical (unpaired) electrons. The first kappa shape index (κ1) is 47.9. The van der Waals surface area contributed by atoms with Crippen LogP contribution in [0.5, 0.6) is 17.2 Å². The molecule has 350 valence electrons. The number of nitrogens with zero attached hydrogens (tertiary/aromatic N) is 3. The molecular weight excluding hydrogens is 839 g/mol. The number of hydrogen-bond acceptors (Lipinski definition) is 11. The first-order valence-corrected chi connectivity index (χ1v) is 23.0. The van der Waals surface area contributed by atoms with Gasteiger partial charge in [-0.05, 0) is 108 Å². The quantitative estimate of drug-likeness (QED) is 0.0378. The molecular formula is C53H63N3O10. The van der Waals surface area contributed by atoms with Crippen molar-refractivity contribution in [3.8, 4) is 28.4 Å². The van der Waals surface area contributed by atoms with Crippen LogP contribution in [0.1, 0.15) is 82.8 Å². The van der Waals surface area contributed by atoms with E-state index in [0.29, 0.717) is 41.4 Å². The molecule has 4 aromatic rings. The van der Waals surface area contributed by atoms with Crippen molar-refractivity contribution in [2.45, 2.75) is 90.1 Å². The second-order valence-corrected chi connectivity index (χ2v) is 18.7. The summed E-state index contributed by atoms with van der Waals surface area (Å²) in [6.45, 7) is 10.5. The second-order valence-electron chi connectivity index (χ2n) is 18.7. The summed E-state index contributed by atoms with van der Waals surface area (Å²) in [7, 11) is 1.70. The number of non-ortho nitro benzene ring substituents is 1. The summed E-state index contributed by atoms with van der Waals surface area (Å²) in [6.07, 6.45) is 7.99. The molecule has 0 spiro atoms. The van der Waals surface area contributed by atoms with Gasteiger partial charge in [-0.2, -0.15) is 0 Å². The number of ether oxygens (including phenoxy) is 4. The van der Waals surface area contributed by atoms with E-state index in [1.807, 2.05) is 75.4 Å². The monoisotopic (exact) mass is 901 g/mol. The molecule has 1 aliphatic heterocycles. The van der Waals surface area contributed by atoms with E-state index >= 15 is 0 Å². The molecule has 1 heterocycles. The number of amides is 1. The number of carbonyl (C=O) groups is 1. The lowest BCUT2D eigenvalue weighted by molar-refractivity contribution is -0.384. The first-order valence-electron chi connectivity index (χ1n) is 23.0. The Morgan fingerprint density at radius 2 is 1.62 bits per heavy atom. The standard InChI is InChI=1S/C53H63N3O10/c1-6-30-63-53-48(55(5)51(59)62-35-52(2,3)4)33-46(54-64-34-36-18-22-40(23-19-36)56(60)61)44-31-39(16-10-12-28-57)43(17-11-13-29-58)49(50(44)53)45-32-42(26-27-47(45)66-53)65-41-24-20-38(21-25-41)37-14-8-7-9-15-37/h6-9,14-15,18-27,31-32,39,43,48-50,57-58H,1,10-13,16-17,28-30,33-35H2,2-5H3/t39-,43+,48-,49+,50+,53+/m0/s1. The highest BCUT2D eigenvalue weighted by molar-refractivity contribution is 6.03. The molecule has 2 N–H and O–H groups in total. The van der Waals surface area contributed by atoms with E-state index < -0.39 is 28.8 Å². The lowest BCUT2D eigenvalue weighted by Crippen LogP contribution is -2.69. The maximum absolute atomic E-state index is 14.2. The third kappa shape index (κ3) is 11.0. The van der Waals surface area contributed by atoms with Crippen molar-refractivity contribution in [2.75, 3.05) is 33.5 Å². The van der Waals surface area contributed by atoms with Crippen LogP contribution in [-0.2, 0) is 20.9 Å². The molecule has 0 saturated heterocycles. The number of likely N-dealkylation sites (N-methyl/N-ethyl adjacent to an activating group) is 1. The van der Waals surface area contributed by atoms with E-state index in [-0.39, 0.29) is 68.3 Å². The third-order valence-corrected chi connectivity index (χ3v) is 12.8. The zero-order valence-electron chi connectivity index (χ0n) is 38.5. The summed E-state index contributed by atoms with van der Waals surface area (Å²) in [5, 5.41) is 36.1. The molecule has 13 heteroatoms. The number of nitro benzene ring substituents is 1. The van der Waals surface area contributed by atoms with E-state index in [4.69, 9.17) is 28.9 Å². The third-order valence-electron chi connectivity index (χ3n) is 12.8. The normalized spacial score (nSPS) is 22.5. The minimum atomic E-state index is -1.45. The van der Waals surface area contributed by atoms with Gasteiger partial charge < -0.3 is 38.9 Å². The van der Waals surface area contributed by atoms with Crippen molar-refractivity contribution in [3.63, 3.8) is 0 Å². The zero-order valence-corrected chi connectivity index (χ0v) is 38.5. The Labute approximate surface area is 387 Å². The lowest BCUT2D eigenvalue weighted by Gasteiger charge is -2.59. The van der Waals surface area contributed by atoms with E-state index in [1.54, 1.807) is 30.2 Å². The summed E-state index contributed by atoms with van der Waals surface area (Å²) < 4.78 is 26.8. The lowest BCUT2D eigenvalue weighted by atomic mass is 9.55. The molecule has 0 unspecified atom stereocenters. The summed E-state index contributed by atoms with van der Waals surface area (Å²) in [5.74, 6) is -0.306. The smallest absolute Gasteiger partial charge is 0.410 e. The van der Waals surface area contributed by atoms with Gasteiger partial charge in [-0.15, -0.1) is 6.58 Å². The van der Waals surface area contributed by atoms with Gasteiger partial charge in [0.15, 0.2) is 0 Å². The van der Waals surface area contributed by atoms with Crippen LogP contribution in [0.25, 0.3) is 11.1 Å². The van der Waals surface area contributed by atoms with Crippen LogP contribution in [0.4, 0.5) is 10.5 Å². The maximum atomic E-state index is 14.2. The molecule has 3 aliphatic rings. The molecule has 4 aromatic carbocycles. The van der Waals surface area contributed by atoms with Gasteiger partial charge in [0.1, 0.15) is 29.9 Å². The number of nitro groups is 1. The Bertz CT molecular complexity index is 2340. The van der Waals surface area contributed by atoms with Crippen LogP contribution in [0.15, 0.2) is 127 Å². The Morgan fingerprint density at radius 3 is 2.29 bits per heavy atom. The SMILES string of the molecule is C=CCO[C@@]12Oc3ccc(Oc4ccc(-c5ccccc5)cc4)cc3[C@H]3[C@H](CCCCO)[C@@H](CCCCO)C=C(C(=NOCc4ccc([N+](=O)[O-])cc4)C[C@@H]1N(C)C(=O)OCC(C)(C)C)[C@H]32. The summed E-state index contributed by atoms with van der Waals surface area (Å²) in [4.78, 5) is 32.8. The fourth-order valence-electron chi connectivity index (χ4n) is 9.68. The largest absolute Gasteiger partial charge is 0.459 e. The van der Waals surface area contributed by atoms with Gasteiger partial charge in [-0.3, -0.25) is 10.1 Å². The van der Waals surface area contributed by atoms with Gasteiger partial charge in [0.2, 0.25) is 5.79 Å². The number of carbonyl (C=O) groups excluding carboxylic acids is 1. The minimum absolute atomic E-state index is 0.0120. The van der Waals surface area contributed by atoms with Crippen LogP contribution >= 0.6 is 0 Å². The fraction of sp³-hybridized carbons (Fsp3) is 0.434. The van der Waals surface area contributed by atoms with Gasteiger partial charge in [-0.25, -0.2) is 4.79 Å². The average molecular weight is 902 g/mol. The molecule has 0 aromatic heterocycles. The highest BCUT2D eigenvalue weighted by atomic mass is 16.7. The molecule has 0 bridgehead atoms. The number of hydrogen-bond donors (Lipinski definition) is 2. The number of allylic oxidation sites excluding steroid dienone is 1. The van der Waals surface area contributed by atoms with Crippen LogP contribution in [0.2, 0.25) is 0 Å². The van der Waals surface area contributed by atoms with Crippen molar-refractivity contribution in [1.29, 1.82) is 0 Å². The van der Waals surface area contributed by atoms with Gasteiger partial charge in [0.25, 0.3) is 5.69 Å². The zero-order chi connectivity index (χ0) is 46.8. The van der Waals surface area contributed by atoms with Crippen molar-refractivity contribution in [3.05, 3.63) is 143 Å². The van der Waals surface area contributed by atoms with Gasteiger partial charge >= 0.3 is 6.09 Å².